The summed E-state index contributed by atoms with van der Waals surface area (Å²) in [4.78, 5) is 0. The Bertz CT molecular complexity index is 616. The smallest absolute Gasteiger partial charge is 0.124 e. The summed E-state index contributed by atoms with van der Waals surface area (Å²) >= 11 is 12.1. The molecule has 0 aliphatic heterocycles. The van der Waals surface area contributed by atoms with Crippen molar-refractivity contribution in [3.8, 4) is 5.75 Å². The first-order valence-electron chi connectivity index (χ1n) is 8.06. The van der Waals surface area contributed by atoms with Crippen LogP contribution in [0.3, 0.4) is 0 Å². The lowest BCUT2D eigenvalue weighted by Crippen LogP contribution is -2.15. The van der Waals surface area contributed by atoms with Gasteiger partial charge in [0.2, 0.25) is 0 Å². The molecular formula is C19H23Cl2NO. The third-order valence-electron chi connectivity index (χ3n) is 3.64. The quantitative estimate of drug-likeness (QED) is 0.572. The molecule has 0 heterocycles. The van der Waals surface area contributed by atoms with Gasteiger partial charge in [0.1, 0.15) is 12.4 Å². The average Bonchev–Trinajstić information content (AvgIpc) is 2.55. The van der Waals surface area contributed by atoms with Crippen LogP contribution in [-0.4, -0.2) is 6.54 Å². The highest BCUT2D eigenvalue weighted by Gasteiger charge is 2.06. The minimum atomic E-state index is 0.433. The molecule has 0 unspecified atom stereocenters. The molecule has 0 saturated carbocycles. The van der Waals surface area contributed by atoms with Gasteiger partial charge in [-0.1, -0.05) is 67.2 Å². The van der Waals surface area contributed by atoms with Gasteiger partial charge in [-0.3, -0.25) is 0 Å². The summed E-state index contributed by atoms with van der Waals surface area (Å²) in [7, 11) is 0. The van der Waals surface area contributed by atoms with Gasteiger partial charge in [0.05, 0.1) is 0 Å². The SMILES string of the molecule is CCCCCNCc1ccccc1OCc1ccc(Cl)cc1Cl. The van der Waals surface area contributed by atoms with Crippen LogP contribution in [0.15, 0.2) is 42.5 Å². The van der Waals surface area contributed by atoms with Gasteiger partial charge < -0.3 is 10.1 Å². The molecular weight excluding hydrogens is 329 g/mol. The lowest BCUT2D eigenvalue weighted by molar-refractivity contribution is 0.302. The monoisotopic (exact) mass is 351 g/mol. The Balaban J connectivity index is 1.92. The Labute approximate surface area is 148 Å². The zero-order chi connectivity index (χ0) is 16.5. The van der Waals surface area contributed by atoms with Gasteiger partial charge in [-0.25, -0.2) is 0 Å². The normalized spacial score (nSPS) is 10.7. The van der Waals surface area contributed by atoms with Crippen molar-refractivity contribution in [1.82, 2.24) is 5.32 Å². The van der Waals surface area contributed by atoms with Gasteiger partial charge in [-0.2, -0.15) is 0 Å². The van der Waals surface area contributed by atoms with E-state index < -0.39 is 0 Å². The molecule has 0 fully saturated rings. The van der Waals surface area contributed by atoms with Crippen LogP contribution in [-0.2, 0) is 13.2 Å². The first-order valence-corrected chi connectivity index (χ1v) is 8.81. The van der Waals surface area contributed by atoms with Gasteiger partial charge in [-0.05, 0) is 31.2 Å². The van der Waals surface area contributed by atoms with Crippen LogP contribution >= 0.6 is 23.2 Å². The molecule has 0 amide bonds. The number of rotatable bonds is 9. The largest absolute Gasteiger partial charge is 0.489 e. The van der Waals surface area contributed by atoms with E-state index >= 15 is 0 Å². The standard InChI is InChI=1S/C19H23Cl2NO/c1-2-3-6-11-22-13-15-7-4-5-8-19(15)23-14-16-9-10-17(20)12-18(16)21/h4-5,7-10,12,22H,2-3,6,11,13-14H2,1H3. The molecule has 0 spiro atoms. The van der Waals surface area contributed by atoms with E-state index in [2.05, 4.69) is 18.3 Å². The summed E-state index contributed by atoms with van der Waals surface area (Å²) in [5.74, 6) is 0.890. The van der Waals surface area contributed by atoms with E-state index in [1.54, 1.807) is 6.07 Å². The van der Waals surface area contributed by atoms with Crippen LogP contribution in [0.5, 0.6) is 5.75 Å². The van der Waals surface area contributed by atoms with Crippen molar-refractivity contribution in [1.29, 1.82) is 0 Å². The number of hydrogen-bond donors (Lipinski definition) is 1. The summed E-state index contributed by atoms with van der Waals surface area (Å²) in [5.41, 5.74) is 2.09. The van der Waals surface area contributed by atoms with Crippen LogP contribution in [0.4, 0.5) is 0 Å². The fraction of sp³-hybridized carbons (Fsp3) is 0.368. The minimum absolute atomic E-state index is 0.433. The van der Waals surface area contributed by atoms with Crippen molar-refractivity contribution >= 4 is 23.2 Å². The highest BCUT2D eigenvalue weighted by atomic mass is 35.5. The first-order chi connectivity index (χ1) is 11.2. The van der Waals surface area contributed by atoms with E-state index in [1.807, 2.05) is 30.3 Å². The molecule has 0 bridgehead atoms. The molecule has 4 heteroatoms. The maximum absolute atomic E-state index is 6.19. The molecule has 0 radical (unpaired) electrons. The second-order valence-corrected chi connectivity index (χ2v) is 6.36. The predicted molar refractivity (Wildman–Crippen MR) is 98.5 cm³/mol. The van der Waals surface area contributed by atoms with Crippen molar-refractivity contribution in [2.24, 2.45) is 0 Å². The number of halogens is 2. The van der Waals surface area contributed by atoms with Crippen molar-refractivity contribution in [3.05, 3.63) is 63.6 Å². The van der Waals surface area contributed by atoms with Gasteiger partial charge >= 0.3 is 0 Å². The topological polar surface area (TPSA) is 21.3 Å². The van der Waals surface area contributed by atoms with Crippen molar-refractivity contribution in [3.63, 3.8) is 0 Å². The van der Waals surface area contributed by atoms with Gasteiger partial charge in [0, 0.05) is 27.7 Å². The van der Waals surface area contributed by atoms with Crippen molar-refractivity contribution in [2.45, 2.75) is 39.3 Å². The van der Waals surface area contributed by atoms with Crippen LogP contribution in [0.1, 0.15) is 37.3 Å². The number of ether oxygens (including phenoxy) is 1. The van der Waals surface area contributed by atoms with Gasteiger partial charge in [-0.15, -0.1) is 0 Å². The number of hydrogen-bond acceptors (Lipinski definition) is 2. The summed E-state index contributed by atoms with van der Waals surface area (Å²) in [5, 5.41) is 4.74. The summed E-state index contributed by atoms with van der Waals surface area (Å²) in [6, 6.07) is 13.6. The van der Waals surface area contributed by atoms with E-state index in [4.69, 9.17) is 27.9 Å². The third-order valence-corrected chi connectivity index (χ3v) is 4.23. The number of nitrogens with one attached hydrogen (secondary N) is 1. The number of unbranched alkanes of at least 4 members (excludes halogenated alkanes) is 2. The number of para-hydroxylation sites is 1. The maximum atomic E-state index is 6.19. The third kappa shape index (κ3) is 6.06. The highest BCUT2D eigenvalue weighted by molar-refractivity contribution is 6.35. The molecule has 2 rings (SSSR count). The van der Waals surface area contributed by atoms with Crippen LogP contribution in [0, 0.1) is 0 Å². The summed E-state index contributed by atoms with van der Waals surface area (Å²) in [6.45, 7) is 4.49. The van der Waals surface area contributed by atoms with Gasteiger partial charge in [0.15, 0.2) is 0 Å². The Hall–Kier alpha value is -1.22. The Morgan fingerprint density at radius 3 is 2.61 bits per heavy atom. The van der Waals surface area contributed by atoms with Crippen LogP contribution in [0.25, 0.3) is 0 Å². The van der Waals surface area contributed by atoms with Crippen molar-refractivity contribution in [2.75, 3.05) is 6.54 Å². The van der Waals surface area contributed by atoms with E-state index in [9.17, 15) is 0 Å². The Kier molecular flexibility index (Phi) is 7.73. The Morgan fingerprint density at radius 2 is 1.83 bits per heavy atom. The Morgan fingerprint density at radius 1 is 1.00 bits per heavy atom. The fourth-order valence-electron chi connectivity index (χ4n) is 2.31. The molecule has 124 valence electrons. The van der Waals surface area contributed by atoms with E-state index in [-0.39, 0.29) is 0 Å². The van der Waals surface area contributed by atoms with E-state index in [1.165, 1.54) is 19.3 Å². The molecule has 2 nitrogen and oxygen atoms in total. The lowest BCUT2D eigenvalue weighted by atomic mass is 10.2. The molecule has 0 saturated heterocycles. The van der Waals surface area contributed by atoms with Crippen molar-refractivity contribution < 1.29 is 4.74 Å². The van der Waals surface area contributed by atoms with Crippen LogP contribution in [0.2, 0.25) is 10.0 Å². The second kappa shape index (κ2) is 9.82. The minimum Gasteiger partial charge on any atom is -0.489 e. The molecule has 0 aliphatic rings. The molecule has 2 aromatic rings. The zero-order valence-electron chi connectivity index (χ0n) is 13.4. The van der Waals surface area contributed by atoms with Crippen LogP contribution < -0.4 is 10.1 Å². The number of benzene rings is 2. The van der Waals surface area contributed by atoms with Gasteiger partial charge in [0.25, 0.3) is 0 Å². The van der Waals surface area contributed by atoms with E-state index in [0.29, 0.717) is 16.7 Å². The molecule has 23 heavy (non-hydrogen) atoms. The molecule has 0 aromatic heterocycles. The zero-order valence-corrected chi connectivity index (χ0v) is 15.0. The lowest BCUT2D eigenvalue weighted by Gasteiger charge is -2.13. The second-order valence-electron chi connectivity index (χ2n) is 5.52. The van der Waals surface area contributed by atoms with E-state index in [0.717, 1.165) is 30.0 Å². The predicted octanol–water partition coefficient (Wildman–Crippen LogP) is 5.85. The average molecular weight is 352 g/mol. The summed E-state index contributed by atoms with van der Waals surface area (Å²) in [6.07, 6.45) is 3.71. The summed E-state index contributed by atoms with van der Waals surface area (Å²) < 4.78 is 5.95. The molecule has 0 aliphatic carbocycles. The molecule has 0 atom stereocenters. The molecule has 1 N–H and O–H groups in total. The highest BCUT2D eigenvalue weighted by Crippen LogP contribution is 2.24. The maximum Gasteiger partial charge on any atom is 0.124 e. The molecule has 2 aromatic carbocycles. The first kappa shape index (κ1) is 18.1. The fourth-order valence-corrected chi connectivity index (χ4v) is 2.77.